The van der Waals surface area contributed by atoms with Gasteiger partial charge in [0.2, 0.25) is 0 Å². The molecular weight excluding hydrogens is 300 g/mol. The lowest BCUT2D eigenvalue weighted by Crippen LogP contribution is -2.54. The predicted octanol–water partition coefficient (Wildman–Crippen LogP) is 3.85. The van der Waals surface area contributed by atoms with Crippen LogP contribution >= 0.6 is 0 Å². The fourth-order valence-corrected chi connectivity index (χ4v) is 7.62. The van der Waals surface area contributed by atoms with Gasteiger partial charge in [-0.15, -0.1) is 0 Å². The van der Waals surface area contributed by atoms with Crippen LogP contribution in [0.25, 0.3) is 0 Å². The summed E-state index contributed by atoms with van der Waals surface area (Å²) in [6.45, 7) is 6.48. The number of Topliss-reactive ketones (excluding diaryl/α,β-unsaturated/α-hetero) is 1. The number of fused-ring (bicyclic) bond motifs is 7. The first-order chi connectivity index (χ1) is 11.3. The van der Waals surface area contributed by atoms with Crippen molar-refractivity contribution in [3.63, 3.8) is 0 Å². The SMILES string of the molecule is CC(=O)[C@@]12O[C@@H]1CC1[C@@H]3CCC4=CC(=O)CC[C@]4(C)C3CC[C@@]12C. The summed E-state index contributed by atoms with van der Waals surface area (Å²) in [6, 6.07) is 0. The van der Waals surface area contributed by atoms with Gasteiger partial charge in [0.05, 0.1) is 6.10 Å². The van der Waals surface area contributed by atoms with E-state index in [9.17, 15) is 9.59 Å². The minimum Gasteiger partial charge on any atom is -0.357 e. The first-order valence-corrected chi connectivity index (χ1v) is 9.76. The fraction of sp³-hybridized carbons (Fsp3) is 0.810. The van der Waals surface area contributed by atoms with Gasteiger partial charge in [0.25, 0.3) is 0 Å². The van der Waals surface area contributed by atoms with E-state index in [-0.39, 0.29) is 22.7 Å². The molecule has 3 heteroatoms. The topological polar surface area (TPSA) is 46.7 Å². The second-order valence-corrected chi connectivity index (χ2v) is 9.56. The maximum atomic E-state index is 12.4. The summed E-state index contributed by atoms with van der Waals surface area (Å²) < 4.78 is 5.99. The maximum Gasteiger partial charge on any atom is 0.164 e. The number of allylic oxidation sites excluding steroid dienone is 1. The van der Waals surface area contributed by atoms with E-state index >= 15 is 0 Å². The molecular formula is C21H28O3. The number of hydrogen-bond acceptors (Lipinski definition) is 3. The first kappa shape index (κ1) is 15.3. The Morgan fingerprint density at radius 2 is 1.96 bits per heavy atom. The Labute approximate surface area is 144 Å². The summed E-state index contributed by atoms with van der Waals surface area (Å²) in [6.07, 6.45) is 9.53. The highest BCUT2D eigenvalue weighted by Gasteiger charge is 2.79. The standard InChI is InChI=1S/C21H28O3/c1-12(22)21-18(24-21)11-17-15-5-4-13-10-14(23)6-8-19(13,2)16(15)7-9-20(17,21)3/h10,15-18H,4-9,11H2,1-3H3/t15-,16?,17?,18-,19+,20+,21-/m1/s1. The molecule has 0 aromatic rings. The largest absolute Gasteiger partial charge is 0.357 e. The molecule has 3 nitrogen and oxygen atoms in total. The molecule has 0 aromatic carbocycles. The van der Waals surface area contributed by atoms with Gasteiger partial charge in [-0.2, -0.15) is 0 Å². The summed E-state index contributed by atoms with van der Waals surface area (Å²) in [5.74, 6) is 2.58. The van der Waals surface area contributed by atoms with Gasteiger partial charge in [0.15, 0.2) is 17.2 Å². The molecule has 5 rings (SSSR count). The Morgan fingerprint density at radius 1 is 1.17 bits per heavy atom. The minimum absolute atomic E-state index is 0.0345. The zero-order chi connectivity index (χ0) is 16.9. The van der Waals surface area contributed by atoms with Crippen molar-refractivity contribution in [2.45, 2.75) is 77.4 Å². The van der Waals surface area contributed by atoms with Gasteiger partial charge in [0.1, 0.15) is 0 Å². The van der Waals surface area contributed by atoms with Gasteiger partial charge >= 0.3 is 0 Å². The van der Waals surface area contributed by atoms with Crippen LogP contribution in [0.15, 0.2) is 11.6 Å². The molecule has 2 unspecified atom stereocenters. The summed E-state index contributed by atoms with van der Waals surface area (Å²) in [7, 11) is 0. The zero-order valence-electron chi connectivity index (χ0n) is 15.1. The molecule has 130 valence electrons. The van der Waals surface area contributed by atoms with E-state index in [0.29, 0.717) is 30.0 Å². The van der Waals surface area contributed by atoms with Gasteiger partial charge in [-0.05, 0) is 74.7 Å². The van der Waals surface area contributed by atoms with Crippen molar-refractivity contribution in [2.75, 3.05) is 0 Å². The van der Waals surface area contributed by atoms with Crippen LogP contribution in [0.2, 0.25) is 0 Å². The second-order valence-electron chi connectivity index (χ2n) is 9.56. The van der Waals surface area contributed by atoms with Crippen LogP contribution in [0.5, 0.6) is 0 Å². The molecule has 0 radical (unpaired) electrons. The number of carbonyl (C=O) groups excluding carboxylic acids is 2. The smallest absolute Gasteiger partial charge is 0.164 e. The minimum atomic E-state index is -0.456. The molecule has 0 aromatic heterocycles. The Morgan fingerprint density at radius 3 is 2.71 bits per heavy atom. The van der Waals surface area contributed by atoms with Crippen LogP contribution in [0.4, 0.5) is 0 Å². The highest BCUT2D eigenvalue weighted by atomic mass is 16.6. The molecule has 24 heavy (non-hydrogen) atoms. The van der Waals surface area contributed by atoms with Gasteiger partial charge in [-0.1, -0.05) is 19.4 Å². The molecule has 5 aliphatic rings. The van der Waals surface area contributed by atoms with Crippen molar-refractivity contribution < 1.29 is 14.3 Å². The van der Waals surface area contributed by atoms with Crippen LogP contribution < -0.4 is 0 Å². The summed E-state index contributed by atoms with van der Waals surface area (Å²) in [5.41, 5.74) is 1.22. The van der Waals surface area contributed by atoms with Crippen molar-refractivity contribution in [1.82, 2.24) is 0 Å². The number of epoxide rings is 1. The normalized spacial score (nSPS) is 55.0. The van der Waals surface area contributed by atoms with Crippen LogP contribution in [0.3, 0.4) is 0 Å². The molecule has 0 N–H and O–H groups in total. The molecule has 0 spiro atoms. The van der Waals surface area contributed by atoms with Crippen molar-refractivity contribution in [1.29, 1.82) is 0 Å². The molecule has 7 atom stereocenters. The highest BCUT2D eigenvalue weighted by Crippen LogP contribution is 2.73. The lowest BCUT2D eigenvalue weighted by atomic mass is 9.46. The van der Waals surface area contributed by atoms with Gasteiger partial charge in [-0.25, -0.2) is 0 Å². The maximum absolute atomic E-state index is 12.4. The van der Waals surface area contributed by atoms with Crippen LogP contribution in [-0.2, 0) is 14.3 Å². The number of ether oxygens (including phenoxy) is 1. The van der Waals surface area contributed by atoms with Crippen molar-refractivity contribution in [3.8, 4) is 0 Å². The van der Waals surface area contributed by atoms with E-state index in [4.69, 9.17) is 4.74 Å². The average molecular weight is 328 g/mol. The third kappa shape index (κ3) is 1.54. The van der Waals surface area contributed by atoms with Crippen molar-refractivity contribution in [3.05, 3.63) is 11.6 Å². The lowest BCUT2D eigenvalue weighted by Gasteiger charge is -2.58. The molecule has 1 saturated heterocycles. The van der Waals surface area contributed by atoms with E-state index < -0.39 is 5.60 Å². The van der Waals surface area contributed by atoms with Crippen LogP contribution in [-0.4, -0.2) is 23.3 Å². The Hall–Kier alpha value is -0.960. The molecule has 4 fully saturated rings. The summed E-state index contributed by atoms with van der Waals surface area (Å²) in [5, 5.41) is 0. The molecule has 4 aliphatic carbocycles. The number of ketones is 2. The van der Waals surface area contributed by atoms with Crippen molar-refractivity contribution >= 4 is 11.6 Å². The first-order valence-electron chi connectivity index (χ1n) is 9.76. The Bertz CT molecular complexity index is 679. The predicted molar refractivity (Wildman–Crippen MR) is 90.4 cm³/mol. The van der Waals surface area contributed by atoms with E-state index in [0.717, 1.165) is 25.7 Å². The van der Waals surface area contributed by atoms with E-state index in [2.05, 4.69) is 13.8 Å². The fourth-order valence-electron chi connectivity index (χ4n) is 7.62. The molecule has 0 amide bonds. The quantitative estimate of drug-likeness (QED) is 0.687. The highest BCUT2D eigenvalue weighted by molar-refractivity contribution is 5.92. The molecule has 0 bridgehead atoms. The van der Waals surface area contributed by atoms with E-state index in [1.165, 1.54) is 18.4 Å². The monoisotopic (exact) mass is 328 g/mol. The molecule has 1 heterocycles. The number of carbonyl (C=O) groups is 2. The number of hydrogen-bond donors (Lipinski definition) is 0. The third-order valence-corrected chi connectivity index (χ3v) is 8.92. The van der Waals surface area contributed by atoms with Gasteiger partial charge < -0.3 is 4.74 Å². The average Bonchev–Trinajstić information content (AvgIpc) is 3.21. The second kappa shape index (κ2) is 4.41. The Balaban J connectivity index is 1.52. The zero-order valence-corrected chi connectivity index (χ0v) is 15.1. The number of rotatable bonds is 1. The van der Waals surface area contributed by atoms with Gasteiger partial charge in [-0.3, -0.25) is 9.59 Å². The van der Waals surface area contributed by atoms with Crippen LogP contribution in [0, 0.1) is 28.6 Å². The van der Waals surface area contributed by atoms with Crippen LogP contribution in [0.1, 0.15) is 65.7 Å². The van der Waals surface area contributed by atoms with E-state index in [1.807, 2.05) is 6.08 Å². The molecule has 3 saturated carbocycles. The summed E-state index contributed by atoms with van der Waals surface area (Å²) >= 11 is 0. The van der Waals surface area contributed by atoms with E-state index in [1.54, 1.807) is 6.92 Å². The Kier molecular flexibility index (Phi) is 2.81. The third-order valence-electron chi connectivity index (χ3n) is 8.92. The van der Waals surface area contributed by atoms with Gasteiger partial charge in [0, 0.05) is 11.8 Å². The lowest BCUT2D eigenvalue weighted by molar-refractivity contribution is -0.136. The van der Waals surface area contributed by atoms with Crippen molar-refractivity contribution in [2.24, 2.45) is 28.6 Å². The summed E-state index contributed by atoms with van der Waals surface area (Å²) in [4.78, 5) is 24.3. The molecule has 1 aliphatic heterocycles.